The Hall–Kier alpha value is -3.45. The van der Waals surface area contributed by atoms with Crippen molar-refractivity contribution in [2.75, 3.05) is 56.8 Å². The molecule has 0 spiro atoms. The third-order valence-electron chi connectivity index (χ3n) is 5.57. The number of ether oxygens (including phenoxy) is 4. The van der Waals surface area contributed by atoms with E-state index in [9.17, 15) is 4.79 Å². The Kier molecular flexibility index (Phi) is 7.19. The SMILES string of the molecule is CCOc1cc(N2CCOCC2)c(OCC)cc1NC(=O)c1cc2ccccc2cc1OC. The minimum absolute atomic E-state index is 0.278. The second kappa shape index (κ2) is 10.4. The number of anilines is 2. The van der Waals surface area contributed by atoms with Crippen molar-refractivity contribution < 1.29 is 23.7 Å². The number of benzene rings is 3. The van der Waals surface area contributed by atoms with Crippen LogP contribution in [-0.4, -0.2) is 52.5 Å². The van der Waals surface area contributed by atoms with Crippen molar-refractivity contribution in [3.63, 3.8) is 0 Å². The Morgan fingerprint density at radius 2 is 1.61 bits per heavy atom. The van der Waals surface area contributed by atoms with E-state index in [2.05, 4.69) is 10.2 Å². The number of morpholine rings is 1. The molecule has 0 unspecified atom stereocenters. The van der Waals surface area contributed by atoms with E-state index < -0.39 is 0 Å². The summed E-state index contributed by atoms with van der Waals surface area (Å²) in [6, 6.07) is 15.4. The van der Waals surface area contributed by atoms with Gasteiger partial charge in [0.25, 0.3) is 5.91 Å². The van der Waals surface area contributed by atoms with Crippen LogP contribution in [0.5, 0.6) is 17.2 Å². The zero-order chi connectivity index (χ0) is 23.2. The zero-order valence-electron chi connectivity index (χ0n) is 19.3. The van der Waals surface area contributed by atoms with Crippen LogP contribution in [0.4, 0.5) is 11.4 Å². The molecule has 4 rings (SSSR count). The summed E-state index contributed by atoms with van der Waals surface area (Å²) in [5.74, 6) is 1.53. The molecule has 0 aliphatic carbocycles. The van der Waals surface area contributed by atoms with Crippen molar-refractivity contribution in [3.8, 4) is 17.2 Å². The second-order valence-corrected chi connectivity index (χ2v) is 7.64. The van der Waals surface area contributed by atoms with E-state index in [1.54, 1.807) is 7.11 Å². The van der Waals surface area contributed by atoms with Crippen molar-refractivity contribution in [2.24, 2.45) is 0 Å². The molecule has 7 heteroatoms. The topological polar surface area (TPSA) is 69.3 Å². The molecule has 0 atom stereocenters. The lowest BCUT2D eigenvalue weighted by molar-refractivity contribution is 0.102. The van der Waals surface area contributed by atoms with Crippen LogP contribution < -0.4 is 24.4 Å². The minimum atomic E-state index is -0.278. The van der Waals surface area contributed by atoms with Gasteiger partial charge in [0.05, 0.1) is 50.5 Å². The maximum atomic E-state index is 13.3. The molecule has 1 aliphatic rings. The first kappa shape index (κ1) is 22.7. The van der Waals surface area contributed by atoms with Crippen LogP contribution >= 0.6 is 0 Å². The van der Waals surface area contributed by atoms with Gasteiger partial charge < -0.3 is 29.2 Å². The first-order valence-corrected chi connectivity index (χ1v) is 11.3. The second-order valence-electron chi connectivity index (χ2n) is 7.64. The van der Waals surface area contributed by atoms with Crippen LogP contribution in [0.3, 0.4) is 0 Å². The summed E-state index contributed by atoms with van der Waals surface area (Å²) in [5, 5.41) is 4.99. The summed E-state index contributed by atoms with van der Waals surface area (Å²) < 4.78 is 22.9. The molecular formula is C26H30N2O5. The Morgan fingerprint density at radius 1 is 0.939 bits per heavy atom. The van der Waals surface area contributed by atoms with E-state index in [-0.39, 0.29) is 5.91 Å². The first-order chi connectivity index (χ1) is 16.1. The van der Waals surface area contributed by atoms with Gasteiger partial charge in [0.2, 0.25) is 0 Å². The molecule has 7 nitrogen and oxygen atoms in total. The molecule has 3 aromatic rings. The van der Waals surface area contributed by atoms with Crippen LogP contribution in [0.2, 0.25) is 0 Å². The summed E-state index contributed by atoms with van der Waals surface area (Å²) >= 11 is 0. The average Bonchev–Trinajstić information content (AvgIpc) is 2.85. The van der Waals surface area contributed by atoms with E-state index in [0.717, 1.165) is 29.5 Å². The predicted octanol–water partition coefficient (Wildman–Crippen LogP) is 4.73. The summed E-state index contributed by atoms with van der Waals surface area (Å²) in [5.41, 5.74) is 1.94. The zero-order valence-corrected chi connectivity index (χ0v) is 19.3. The largest absolute Gasteiger partial charge is 0.496 e. The number of fused-ring (bicyclic) bond motifs is 1. The lowest BCUT2D eigenvalue weighted by Gasteiger charge is -2.31. The van der Waals surface area contributed by atoms with Gasteiger partial charge in [0.15, 0.2) is 0 Å². The molecule has 33 heavy (non-hydrogen) atoms. The number of hydrogen-bond acceptors (Lipinski definition) is 6. The molecule has 3 aromatic carbocycles. The number of amides is 1. The molecule has 0 bridgehead atoms. The number of hydrogen-bond donors (Lipinski definition) is 1. The summed E-state index contributed by atoms with van der Waals surface area (Å²) in [6.45, 7) is 7.71. The Morgan fingerprint density at radius 3 is 2.27 bits per heavy atom. The van der Waals surface area contributed by atoms with Crippen LogP contribution in [0.15, 0.2) is 48.5 Å². The maximum Gasteiger partial charge on any atom is 0.259 e. The molecule has 1 saturated heterocycles. The normalized spacial score (nSPS) is 13.6. The molecule has 0 radical (unpaired) electrons. The molecule has 1 amide bonds. The van der Waals surface area contributed by atoms with Crippen LogP contribution in [0, 0.1) is 0 Å². The summed E-state index contributed by atoms with van der Waals surface area (Å²) in [7, 11) is 1.57. The molecule has 1 fully saturated rings. The van der Waals surface area contributed by atoms with E-state index in [4.69, 9.17) is 18.9 Å². The molecule has 0 aromatic heterocycles. The summed E-state index contributed by atoms with van der Waals surface area (Å²) in [6.07, 6.45) is 0. The fraction of sp³-hybridized carbons (Fsp3) is 0.346. The first-order valence-electron chi connectivity index (χ1n) is 11.3. The van der Waals surface area contributed by atoms with Gasteiger partial charge in [-0.05, 0) is 36.8 Å². The third kappa shape index (κ3) is 4.98. The number of nitrogens with zero attached hydrogens (tertiary/aromatic N) is 1. The quantitative estimate of drug-likeness (QED) is 0.535. The number of nitrogens with one attached hydrogen (secondary N) is 1. The number of carbonyl (C=O) groups is 1. The average molecular weight is 451 g/mol. The van der Waals surface area contributed by atoms with Crippen LogP contribution in [0.25, 0.3) is 10.8 Å². The van der Waals surface area contributed by atoms with Crippen molar-refractivity contribution in [1.29, 1.82) is 0 Å². The summed E-state index contributed by atoms with van der Waals surface area (Å²) in [4.78, 5) is 15.6. The Bertz CT molecular complexity index is 1130. The number of methoxy groups -OCH3 is 1. The fourth-order valence-electron chi connectivity index (χ4n) is 4.00. The van der Waals surface area contributed by atoms with E-state index in [1.807, 2.05) is 62.4 Å². The van der Waals surface area contributed by atoms with Crippen molar-refractivity contribution >= 4 is 28.1 Å². The van der Waals surface area contributed by atoms with Gasteiger partial charge in [-0.1, -0.05) is 24.3 Å². The lowest BCUT2D eigenvalue weighted by Crippen LogP contribution is -2.36. The van der Waals surface area contributed by atoms with Gasteiger partial charge in [-0.25, -0.2) is 0 Å². The van der Waals surface area contributed by atoms with Gasteiger partial charge in [0, 0.05) is 25.2 Å². The van der Waals surface area contributed by atoms with Gasteiger partial charge in [-0.2, -0.15) is 0 Å². The van der Waals surface area contributed by atoms with Gasteiger partial charge in [-0.3, -0.25) is 4.79 Å². The van der Waals surface area contributed by atoms with Gasteiger partial charge in [0.1, 0.15) is 17.2 Å². The highest BCUT2D eigenvalue weighted by molar-refractivity contribution is 6.09. The highest BCUT2D eigenvalue weighted by Gasteiger charge is 2.22. The number of carbonyl (C=O) groups excluding carboxylic acids is 1. The van der Waals surface area contributed by atoms with Crippen molar-refractivity contribution in [3.05, 3.63) is 54.1 Å². The van der Waals surface area contributed by atoms with E-state index >= 15 is 0 Å². The van der Waals surface area contributed by atoms with Crippen LogP contribution in [-0.2, 0) is 4.74 Å². The molecule has 1 N–H and O–H groups in total. The standard InChI is InChI=1S/C26H30N2O5/c1-4-32-24-17-22(28-10-12-31-13-11-28)25(33-5-2)16-21(24)27-26(29)20-14-18-8-6-7-9-19(18)15-23(20)30-3/h6-9,14-17H,4-5,10-13H2,1-3H3,(H,27,29). The molecule has 1 aliphatic heterocycles. The van der Waals surface area contributed by atoms with Gasteiger partial charge in [-0.15, -0.1) is 0 Å². The molecule has 1 heterocycles. The van der Waals surface area contributed by atoms with Crippen LogP contribution in [0.1, 0.15) is 24.2 Å². The predicted molar refractivity (Wildman–Crippen MR) is 130 cm³/mol. The number of rotatable bonds is 8. The highest BCUT2D eigenvalue weighted by Crippen LogP contribution is 2.40. The van der Waals surface area contributed by atoms with E-state index in [1.165, 1.54) is 0 Å². The van der Waals surface area contributed by atoms with E-state index in [0.29, 0.717) is 54.9 Å². The third-order valence-corrected chi connectivity index (χ3v) is 5.57. The highest BCUT2D eigenvalue weighted by atomic mass is 16.5. The maximum absolute atomic E-state index is 13.3. The van der Waals surface area contributed by atoms with Gasteiger partial charge >= 0.3 is 0 Å². The molecule has 0 saturated carbocycles. The minimum Gasteiger partial charge on any atom is -0.496 e. The van der Waals surface area contributed by atoms with Crippen molar-refractivity contribution in [2.45, 2.75) is 13.8 Å². The molecule has 174 valence electrons. The molecular weight excluding hydrogens is 420 g/mol. The monoisotopic (exact) mass is 450 g/mol. The fourth-order valence-corrected chi connectivity index (χ4v) is 4.00. The Balaban J connectivity index is 1.71. The lowest BCUT2D eigenvalue weighted by atomic mass is 10.0. The van der Waals surface area contributed by atoms with Crippen molar-refractivity contribution in [1.82, 2.24) is 0 Å². The smallest absolute Gasteiger partial charge is 0.259 e. The Labute approximate surface area is 194 Å².